The average Bonchev–Trinajstić information content (AvgIpc) is 2.22. The maximum atomic E-state index is 11.5. The number of Topliss-reactive ketones (excluding diaryl/α,β-unsaturated/α-hetero) is 2. The summed E-state index contributed by atoms with van der Waals surface area (Å²) in [5, 5.41) is 0. The van der Waals surface area contributed by atoms with Gasteiger partial charge in [-0.2, -0.15) is 0 Å². The van der Waals surface area contributed by atoms with Crippen molar-refractivity contribution in [2.45, 2.75) is 71.1 Å². The van der Waals surface area contributed by atoms with Crippen molar-refractivity contribution in [2.75, 3.05) is 0 Å². The predicted octanol–water partition coefficient (Wildman–Crippen LogP) is 4.21. The monoisotopic (exact) mass is 348 g/mol. The number of rotatable bonds is 10. The van der Waals surface area contributed by atoms with Crippen LogP contribution in [0.5, 0.6) is 0 Å². The Morgan fingerprint density at radius 3 is 1.41 bits per heavy atom. The zero-order chi connectivity index (χ0) is 13.3. The normalized spacial score (nSPS) is 11.5. The van der Waals surface area contributed by atoms with Crippen molar-refractivity contribution in [3.63, 3.8) is 0 Å². The van der Waals surface area contributed by atoms with Crippen LogP contribution in [0, 0.1) is 0 Å². The van der Waals surface area contributed by atoms with Crippen molar-refractivity contribution in [2.24, 2.45) is 0 Å². The van der Waals surface area contributed by atoms with Gasteiger partial charge >= 0.3 is 111 Å². The summed E-state index contributed by atoms with van der Waals surface area (Å²) in [5.74, 6) is 0.628. The van der Waals surface area contributed by atoms with Crippen molar-refractivity contribution in [1.29, 1.82) is 0 Å². The van der Waals surface area contributed by atoms with E-state index < -0.39 is 18.4 Å². The van der Waals surface area contributed by atoms with Crippen molar-refractivity contribution in [3.8, 4) is 0 Å². The Bertz CT molecular complexity index is 223. The molecular formula is C14H28O2Sn. The topological polar surface area (TPSA) is 34.1 Å². The average molecular weight is 347 g/mol. The van der Waals surface area contributed by atoms with E-state index in [4.69, 9.17) is 0 Å². The summed E-state index contributed by atoms with van der Waals surface area (Å²) in [7, 11) is 0. The van der Waals surface area contributed by atoms with Gasteiger partial charge in [0.25, 0.3) is 0 Å². The molecule has 0 aromatic carbocycles. The molecule has 0 atom stereocenters. The third kappa shape index (κ3) is 7.95. The number of unbranched alkanes of at least 4 members (excludes halogenated alkanes) is 2. The molecule has 100 valence electrons. The van der Waals surface area contributed by atoms with Crippen LogP contribution >= 0.6 is 0 Å². The minimum atomic E-state index is -2.49. The summed E-state index contributed by atoms with van der Waals surface area (Å²) >= 11 is -2.49. The quantitative estimate of drug-likeness (QED) is 0.555. The van der Waals surface area contributed by atoms with Crippen LogP contribution in [-0.2, 0) is 9.59 Å². The van der Waals surface area contributed by atoms with Gasteiger partial charge in [-0.3, -0.25) is 0 Å². The molecular weight excluding hydrogens is 319 g/mol. The molecule has 0 aliphatic heterocycles. The Morgan fingerprint density at radius 2 is 1.18 bits per heavy atom. The Labute approximate surface area is 110 Å². The van der Waals surface area contributed by atoms with E-state index in [2.05, 4.69) is 13.8 Å². The van der Waals surface area contributed by atoms with E-state index in [1.165, 1.54) is 34.6 Å². The molecule has 0 saturated carbocycles. The van der Waals surface area contributed by atoms with Gasteiger partial charge in [0.2, 0.25) is 0 Å². The first-order valence-electron chi connectivity index (χ1n) is 6.94. The second kappa shape index (κ2) is 9.12. The molecule has 0 aliphatic carbocycles. The zero-order valence-electron chi connectivity index (χ0n) is 12.0. The van der Waals surface area contributed by atoms with E-state index in [1.54, 1.807) is 13.8 Å². The summed E-state index contributed by atoms with van der Waals surface area (Å²) in [6.07, 6.45) is 4.78. The first kappa shape index (κ1) is 17.1. The van der Waals surface area contributed by atoms with Crippen molar-refractivity contribution < 1.29 is 9.59 Å². The molecule has 0 rings (SSSR count). The van der Waals surface area contributed by atoms with Crippen LogP contribution in [0.3, 0.4) is 0 Å². The van der Waals surface area contributed by atoms with Gasteiger partial charge < -0.3 is 0 Å². The van der Waals surface area contributed by atoms with E-state index in [0.717, 1.165) is 8.87 Å². The number of carbonyl (C=O) groups is 2. The Kier molecular flexibility index (Phi) is 9.19. The fraction of sp³-hybridized carbons (Fsp3) is 0.857. The van der Waals surface area contributed by atoms with Gasteiger partial charge in [0.1, 0.15) is 0 Å². The molecule has 2 nitrogen and oxygen atoms in total. The van der Waals surface area contributed by atoms with Crippen LogP contribution in [0.4, 0.5) is 0 Å². The Morgan fingerprint density at radius 1 is 0.824 bits per heavy atom. The summed E-state index contributed by atoms with van der Waals surface area (Å²) in [6.45, 7) is 7.78. The van der Waals surface area contributed by atoms with Crippen LogP contribution < -0.4 is 0 Å². The fourth-order valence-corrected chi connectivity index (χ4v) is 18.1. The molecule has 0 aromatic heterocycles. The van der Waals surface area contributed by atoms with Crippen molar-refractivity contribution in [3.05, 3.63) is 0 Å². The number of hydrogen-bond acceptors (Lipinski definition) is 2. The molecule has 0 N–H and O–H groups in total. The summed E-state index contributed by atoms with van der Waals surface area (Å²) in [6, 6.07) is 0. The Balaban J connectivity index is 4.75. The molecule has 0 heterocycles. The van der Waals surface area contributed by atoms with Crippen LogP contribution in [-0.4, -0.2) is 29.9 Å². The van der Waals surface area contributed by atoms with Gasteiger partial charge in [-0.1, -0.05) is 0 Å². The van der Waals surface area contributed by atoms with Crippen molar-refractivity contribution >= 4 is 29.9 Å². The van der Waals surface area contributed by atoms with Gasteiger partial charge in [-0.05, 0) is 0 Å². The molecule has 0 radical (unpaired) electrons. The third-order valence-corrected chi connectivity index (χ3v) is 18.6. The van der Waals surface area contributed by atoms with Gasteiger partial charge in [0, 0.05) is 0 Å². The second-order valence-electron chi connectivity index (χ2n) is 5.46. The SMILES string of the molecule is CCC[CH2][Sn]([CH2]CCC)([CH2]C(C)=O)[CH2]C(C)=O. The molecule has 0 bridgehead atoms. The maximum absolute atomic E-state index is 11.5. The predicted molar refractivity (Wildman–Crippen MR) is 76.2 cm³/mol. The third-order valence-electron chi connectivity index (χ3n) is 3.37. The first-order chi connectivity index (χ1) is 7.95. The van der Waals surface area contributed by atoms with Crippen LogP contribution in [0.15, 0.2) is 0 Å². The van der Waals surface area contributed by atoms with E-state index in [9.17, 15) is 9.59 Å². The van der Waals surface area contributed by atoms with Gasteiger partial charge in [-0.15, -0.1) is 0 Å². The van der Waals surface area contributed by atoms with Gasteiger partial charge in [0.05, 0.1) is 0 Å². The van der Waals surface area contributed by atoms with E-state index in [1.807, 2.05) is 0 Å². The van der Waals surface area contributed by atoms with E-state index in [0.29, 0.717) is 11.6 Å². The summed E-state index contributed by atoms with van der Waals surface area (Å²) < 4.78 is 4.02. The van der Waals surface area contributed by atoms with E-state index >= 15 is 0 Å². The number of hydrogen-bond donors (Lipinski definition) is 0. The molecule has 0 aliphatic rings. The Hall–Kier alpha value is 0.139. The van der Waals surface area contributed by atoms with E-state index in [-0.39, 0.29) is 0 Å². The van der Waals surface area contributed by atoms with Crippen LogP contribution in [0.2, 0.25) is 17.7 Å². The number of ketones is 2. The standard InChI is InChI=1S/2C4H9.2C3H5O.Sn/c2*1-3-4-2;2*1-3(2)4;/h2*1,3-4H2,2H3;2*1H2,2H3;. The molecule has 0 fully saturated rings. The molecule has 0 amide bonds. The fourth-order valence-electron chi connectivity index (χ4n) is 2.70. The molecule has 0 saturated heterocycles. The van der Waals surface area contributed by atoms with Gasteiger partial charge in [-0.25, -0.2) is 0 Å². The molecule has 3 heteroatoms. The molecule has 0 unspecified atom stereocenters. The van der Waals surface area contributed by atoms with Crippen molar-refractivity contribution in [1.82, 2.24) is 0 Å². The van der Waals surface area contributed by atoms with Gasteiger partial charge in [0.15, 0.2) is 0 Å². The minimum absolute atomic E-state index is 0.314. The molecule has 17 heavy (non-hydrogen) atoms. The summed E-state index contributed by atoms with van der Waals surface area (Å²) in [4.78, 5) is 23.0. The number of carbonyl (C=O) groups excluding carboxylic acids is 2. The summed E-state index contributed by atoms with van der Waals surface area (Å²) in [5.41, 5.74) is 0. The van der Waals surface area contributed by atoms with Crippen LogP contribution in [0.25, 0.3) is 0 Å². The van der Waals surface area contributed by atoms with Crippen LogP contribution in [0.1, 0.15) is 53.4 Å². The molecule has 0 spiro atoms. The second-order valence-corrected chi connectivity index (χ2v) is 18.9. The zero-order valence-corrected chi connectivity index (χ0v) is 14.8. The molecule has 0 aromatic rings. The first-order valence-corrected chi connectivity index (χ1v) is 15.0.